The first kappa shape index (κ1) is 11.2. The van der Waals surface area contributed by atoms with Gasteiger partial charge in [-0.25, -0.2) is 0 Å². The van der Waals surface area contributed by atoms with Gasteiger partial charge < -0.3 is 14.8 Å². The fourth-order valence-corrected chi connectivity index (χ4v) is 1.27. The third-order valence-corrected chi connectivity index (χ3v) is 2.05. The largest absolute Gasteiger partial charge is 0.481 e. The number of nitrogens with one attached hydrogen (secondary N) is 1. The summed E-state index contributed by atoms with van der Waals surface area (Å²) in [6, 6.07) is 3.42. The van der Waals surface area contributed by atoms with Crippen LogP contribution in [0, 0.1) is 0 Å². The maximum Gasteiger partial charge on any atom is 0.235 e. The lowest BCUT2D eigenvalue weighted by molar-refractivity contribution is 0.373. The van der Waals surface area contributed by atoms with Gasteiger partial charge in [0.2, 0.25) is 17.7 Å². The molecular weight excluding hydrogens is 222 g/mol. The summed E-state index contributed by atoms with van der Waals surface area (Å²) < 4.78 is 11.8. The highest BCUT2D eigenvalue weighted by Crippen LogP contribution is 2.19. The van der Waals surface area contributed by atoms with Gasteiger partial charge in [-0.2, -0.15) is 15.1 Å². The lowest BCUT2D eigenvalue weighted by Crippen LogP contribution is -2.01. The van der Waals surface area contributed by atoms with Crippen molar-refractivity contribution in [2.24, 2.45) is 7.05 Å². The predicted octanol–water partition coefficient (Wildman–Crippen LogP) is 0.971. The van der Waals surface area contributed by atoms with Gasteiger partial charge in [0.25, 0.3) is 0 Å². The van der Waals surface area contributed by atoms with E-state index in [1.54, 1.807) is 10.7 Å². The zero-order chi connectivity index (χ0) is 12.3. The Bertz CT molecular complexity index is 489. The van der Waals surface area contributed by atoms with Gasteiger partial charge in [0.1, 0.15) is 0 Å². The van der Waals surface area contributed by atoms with Crippen LogP contribution >= 0.6 is 0 Å². The smallest absolute Gasteiger partial charge is 0.235 e. The monoisotopic (exact) mass is 235 g/mol. The van der Waals surface area contributed by atoms with Crippen LogP contribution in [0.5, 0.6) is 11.8 Å². The maximum absolute atomic E-state index is 5.04. The molecule has 2 rings (SSSR count). The summed E-state index contributed by atoms with van der Waals surface area (Å²) in [6.07, 6.45) is 1.82. The SMILES string of the molecule is COc1cc(OC)nc(Nc2ccn(C)n2)n1. The van der Waals surface area contributed by atoms with Gasteiger partial charge >= 0.3 is 0 Å². The van der Waals surface area contributed by atoms with E-state index in [2.05, 4.69) is 20.4 Å². The van der Waals surface area contributed by atoms with Crippen molar-refractivity contribution in [2.75, 3.05) is 19.5 Å². The van der Waals surface area contributed by atoms with E-state index in [1.165, 1.54) is 14.2 Å². The van der Waals surface area contributed by atoms with E-state index in [9.17, 15) is 0 Å². The molecule has 2 heterocycles. The number of nitrogens with zero attached hydrogens (tertiary/aromatic N) is 4. The molecular formula is C10H13N5O2. The standard InChI is InChI=1S/C10H13N5O2/c1-15-5-4-7(14-15)11-10-12-8(16-2)6-9(13-10)17-3/h4-6H,1-3H3,(H,11,12,13,14). The van der Waals surface area contributed by atoms with E-state index in [0.717, 1.165) is 0 Å². The fraction of sp³-hybridized carbons (Fsp3) is 0.300. The second kappa shape index (κ2) is 4.69. The van der Waals surface area contributed by atoms with Crippen LogP contribution in [0.3, 0.4) is 0 Å². The van der Waals surface area contributed by atoms with Crippen molar-refractivity contribution in [3.63, 3.8) is 0 Å². The number of aromatic nitrogens is 4. The second-order valence-corrected chi connectivity index (χ2v) is 3.28. The number of aryl methyl sites for hydroxylation is 1. The number of anilines is 2. The van der Waals surface area contributed by atoms with Crippen molar-refractivity contribution in [1.29, 1.82) is 0 Å². The fourth-order valence-electron chi connectivity index (χ4n) is 1.27. The molecule has 0 saturated carbocycles. The average Bonchev–Trinajstić information content (AvgIpc) is 2.74. The van der Waals surface area contributed by atoms with Crippen molar-refractivity contribution >= 4 is 11.8 Å². The Morgan fingerprint density at radius 1 is 1.18 bits per heavy atom. The molecule has 0 aliphatic carbocycles. The number of methoxy groups -OCH3 is 2. The highest BCUT2D eigenvalue weighted by atomic mass is 16.5. The van der Waals surface area contributed by atoms with Crippen molar-refractivity contribution in [3.8, 4) is 11.8 Å². The summed E-state index contributed by atoms with van der Waals surface area (Å²) in [5.74, 6) is 1.88. The molecule has 0 atom stereocenters. The number of ether oxygens (including phenoxy) is 2. The van der Waals surface area contributed by atoms with E-state index in [-0.39, 0.29) is 0 Å². The Kier molecular flexibility index (Phi) is 3.08. The Morgan fingerprint density at radius 3 is 2.29 bits per heavy atom. The first-order valence-electron chi connectivity index (χ1n) is 4.95. The molecule has 0 radical (unpaired) electrons. The van der Waals surface area contributed by atoms with E-state index in [4.69, 9.17) is 9.47 Å². The summed E-state index contributed by atoms with van der Waals surface area (Å²) in [5, 5.41) is 7.12. The molecule has 0 aliphatic rings. The first-order chi connectivity index (χ1) is 8.21. The van der Waals surface area contributed by atoms with Gasteiger partial charge in [-0.05, 0) is 0 Å². The van der Waals surface area contributed by atoms with E-state index in [1.807, 2.05) is 19.3 Å². The molecule has 0 bridgehead atoms. The topological polar surface area (TPSA) is 74.1 Å². The summed E-state index contributed by atoms with van der Waals surface area (Å²) in [7, 11) is 4.90. The van der Waals surface area contributed by atoms with Crippen molar-refractivity contribution in [1.82, 2.24) is 19.7 Å². The third kappa shape index (κ3) is 2.63. The van der Waals surface area contributed by atoms with Gasteiger partial charge in [-0.3, -0.25) is 4.68 Å². The molecule has 7 heteroatoms. The second-order valence-electron chi connectivity index (χ2n) is 3.28. The molecule has 17 heavy (non-hydrogen) atoms. The average molecular weight is 235 g/mol. The normalized spacial score (nSPS) is 10.1. The minimum Gasteiger partial charge on any atom is -0.481 e. The van der Waals surface area contributed by atoms with E-state index in [0.29, 0.717) is 23.5 Å². The Morgan fingerprint density at radius 2 is 1.82 bits per heavy atom. The minimum atomic E-state index is 0.375. The van der Waals surface area contributed by atoms with Gasteiger partial charge in [0.15, 0.2) is 5.82 Å². The molecule has 90 valence electrons. The molecule has 0 amide bonds. The Hall–Kier alpha value is -2.31. The van der Waals surface area contributed by atoms with E-state index >= 15 is 0 Å². The molecule has 0 aromatic carbocycles. The van der Waals surface area contributed by atoms with Crippen LogP contribution in [0.15, 0.2) is 18.3 Å². The van der Waals surface area contributed by atoms with Gasteiger partial charge in [-0.1, -0.05) is 0 Å². The van der Waals surface area contributed by atoms with Crippen LogP contribution < -0.4 is 14.8 Å². The van der Waals surface area contributed by atoms with Crippen molar-refractivity contribution < 1.29 is 9.47 Å². The quantitative estimate of drug-likeness (QED) is 0.851. The summed E-state index contributed by atoms with van der Waals surface area (Å²) in [4.78, 5) is 8.26. The molecule has 0 aliphatic heterocycles. The Balaban J connectivity index is 2.25. The maximum atomic E-state index is 5.04. The zero-order valence-corrected chi connectivity index (χ0v) is 9.84. The molecule has 2 aromatic heterocycles. The molecule has 0 unspecified atom stereocenters. The summed E-state index contributed by atoms with van der Waals surface area (Å²) in [5.41, 5.74) is 0. The third-order valence-electron chi connectivity index (χ3n) is 2.05. The van der Waals surface area contributed by atoms with E-state index < -0.39 is 0 Å². The lowest BCUT2D eigenvalue weighted by Gasteiger charge is -2.06. The summed E-state index contributed by atoms with van der Waals surface area (Å²) in [6.45, 7) is 0. The number of hydrogen-bond donors (Lipinski definition) is 1. The van der Waals surface area contributed by atoms with Gasteiger partial charge in [-0.15, -0.1) is 0 Å². The van der Waals surface area contributed by atoms with Crippen LogP contribution in [-0.4, -0.2) is 34.0 Å². The predicted molar refractivity (Wildman–Crippen MR) is 61.6 cm³/mol. The molecule has 1 N–H and O–H groups in total. The zero-order valence-electron chi connectivity index (χ0n) is 9.84. The van der Waals surface area contributed by atoms with Crippen LogP contribution in [-0.2, 0) is 7.05 Å². The molecule has 0 fully saturated rings. The number of hydrogen-bond acceptors (Lipinski definition) is 6. The molecule has 7 nitrogen and oxygen atoms in total. The summed E-state index contributed by atoms with van der Waals surface area (Å²) >= 11 is 0. The van der Waals surface area contributed by atoms with Crippen LogP contribution in [0.1, 0.15) is 0 Å². The van der Waals surface area contributed by atoms with Crippen LogP contribution in [0.2, 0.25) is 0 Å². The lowest BCUT2D eigenvalue weighted by atomic mass is 10.6. The van der Waals surface area contributed by atoms with Crippen molar-refractivity contribution in [2.45, 2.75) is 0 Å². The highest BCUT2D eigenvalue weighted by Gasteiger charge is 2.06. The van der Waals surface area contributed by atoms with Crippen LogP contribution in [0.4, 0.5) is 11.8 Å². The van der Waals surface area contributed by atoms with Crippen LogP contribution in [0.25, 0.3) is 0 Å². The first-order valence-corrected chi connectivity index (χ1v) is 4.95. The minimum absolute atomic E-state index is 0.375. The van der Waals surface area contributed by atoms with Gasteiger partial charge in [0.05, 0.1) is 20.3 Å². The number of rotatable bonds is 4. The molecule has 0 spiro atoms. The highest BCUT2D eigenvalue weighted by molar-refractivity contribution is 5.48. The molecule has 0 saturated heterocycles. The van der Waals surface area contributed by atoms with Crippen molar-refractivity contribution in [3.05, 3.63) is 18.3 Å². The van der Waals surface area contributed by atoms with Gasteiger partial charge in [0, 0.05) is 19.3 Å². The Labute approximate surface area is 98.4 Å². The molecule has 2 aromatic rings.